The van der Waals surface area contributed by atoms with E-state index < -0.39 is 4.92 Å². The van der Waals surface area contributed by atoms with Crippen molar-refractivity contribution in [2.75, 3.05) is 0 Å². The highest BCUT2D eigenvalue weighted by atomic mass is 16.6. The largest absolute Gasteiger partial charge is 0.472 e. The average molecular weight is 217 g/mol. The molecule has 0 N–H and O–H groups in total. The van der Waals surface area contributed by atoms with Crippen LogP contribution in [0.5, 0.6) is 0 Å². The molecule has 5 heteroatoms. The SMILES string of the molecule is O=C(c1ccc([N+](=O)[O-])cc1)c1ccoc1. The van der Waals surface area contributed by atoms with Gasteiger partial charge in [0.1, 0.15) is 6.26 Å². The predicted octanol–water partition coefficient (Wildman–Crippen LogP) is 2.42. The molecule has 0 aliphatic rings. The van der Waals surface area contributed by atoms with Crippen LogP contribution < -0.4 is 0 Å². The van der Waals surface area contributed by atoms with E-state index in [1.54, 1.807) is 6.07 Å². The highest BCUT2D eigenvalue weighted by Gasteiger charge is 2.12. The number of benzene rings is 1. The van der Waals surface area contributed by atoms with Gasteiger partial charge in [0.25, 0.3) is 5.69 Å². The summed E-state index contributed by atoms with van der Waals surface area (Å²) in [5, 5.41) is 10.4. The van der Waals surface area contributed by atoms with Crippen molar-refractivity contribution in [3.05, 3.63) is 64.1 Å². The molecular formula is C11H7NO4. The Morgan fingerprint density at radius 3 is 2.31 bits per heavy atom. The van der Waals surface area contributed by atoms with Crippen molar-refractivity contribution in [1.29, 1.82) is 0 Å². The van der Waals surface area contributed by atoms with Gasteiger partial charge in [-0.25, -0.2) is 0 Å². The maximum atomic E-state index is 11.8. The Labute approximate surface area is 90.5 Å². The second-order valence-electron chi connectivity index (χ2n) is 3.15. The smallest absolute Gasteiger partial charge is 0.269 e. The summed E-state index contributed by atoms with van der Waals surface area (Å²) in [5.74, 6) is -0.219. The van der Waals surface area contributed by atoms with Gasteiger partial charge >= 0.3 is 0 Å². The van der Waals surface area contributed by atoms with Crippen LogP contribution in [0.25, 0.3) is 0 Å². The summed E-state index contributed by atoms with van der Waals surface area (Å²) < 4.78 is 4.79. The lowest BCUT2D eigenvalue weighted by atomic mass is 10.1. The van der Waals surface area contributed by atoms with E-state index in [9.17, 15) is 14.9 Å². The Bertz CT molecular complexity index is 513. The molecule has 0 bridgehead atoms. The molecule has 1 aromatic carbocycles. The van der Waals surface area contributed by atoms with Gasteiger partial charge in [-0.2, -0.15) is 0 Å². The fraction of sp³-hybridized carbons (Fsp3) is 0. The summed E-state index contributed by atoms with van der Waals surface area (Å²) >= 11 is 0. The number of rotatable bonds is 3. The number of nitro benzene ring substituents is 1. The monoisotopic (exact) mass is 217 g/mol. The zero-order valence-electron chi connectivity index (χ0n) is 8.12. The number of carbonyl (C=O) groups is 1. The molecule has 5 nitrogen and oxygen atoms in total. The van der Waals surface area contributed by atoms with Crippen LogP contribution in [0, 0.1) is 10.1 Å². The molecule has 0 spiro atoms. The van der Waals surface area contributed by atoms with E-state index in [0.29, 0.717) is 11.1 Å². The molecule has 0 aliphatic carbocycles. The Morgan fingerprint density at radius 2 is 1.81 bits per heavy atom. The molecule has 0 saturated carbocycles. The molecule has 16 heavy (non-hydrogen) atoms. The molecule has 80 valence electrons. The summed E-state index contributed by atoms with van der Waals surface area (Å²) in [7, 11) is 0. The highest BCUT2D eigenvalue weighted by Crippen LogP contribution is 2.15. The van der Waals surface area contributed by atoms with Gasteiger partial charge in [0.05, 0.1) is 16.7 Å². The Morgan fingerprint density at radius 1 is 1.12 bits per heavy atom. The van der Waals surface area contributed by atoms with Gasteiger partial charge in [-0.1, -0.05) is 0 Å². The quantitative estimate of drug-likeness (QED) is 0.449. The van der Waals surface area contributed by atoms with E-state index in [0.717, 1.165) is 0 Å². The summed E-state index contributed by atoms with van der Waals surface area (Å²) in [4.78, 5) is 21.7. The topological polar surface area (TPSA) is 73.3 Å². The van der Waals surface area contributed by atoms with Crippen LogP contribution in [0.4, 0.5) is 5.69 Å². The third kappa shape index (κ3) is 1.83. The van der Waals surface area contributed by atoms with Crippen molar-refractivity contribution in [2.24, 2.45) is 0 Å². The van der Waals surface area contributed by atoms with E-state index in [1.165, 1.54) is 36.8 Å². The van der Waals surface area contributed by atoms with Crippen LogP contribution in [0.3, 0.4) is 0 Å². The first-order chi connectivity index (χ1) is 7.68. The molecule has 0 unspecified atom stereocenters. The number of hydrogen-bond acceptors (Lipinski definition) is 4. The van der Waals surface area contributed by atoms with Crippen LogP contribution in [-0.2, 0) is 0 Å². The van der Waals surface area contributed by atoms with E-state index in [2.05, 4.69) is 0 Å². The molecule has 1 heterocycles. The van der Waals surface area contributed by atoms with Gasteiger partial charge in [-0.05, 0) is 18.2 Å². The minimum atomic E-state index is -0.508. The molecule has 0 radical (unpaired) electrons. The summed E-state index contributed by atoms with van der Waals surface area (Å²) in [6, 6.07) is 6.99. The first kappa shape index (κ1) is 10.1. The molecule has 1 aromatic heterocycles. The van der Waals surface area contributed by atoms with Crippen LogP contribution >= 0.6 is 0 Å². The Hall–Kier alpha value is -2.43. The Balaban J connectivity index is 2.29. The predicted molar refractivity (Wildman–Crippen MR) is 55.2 cm³/mol. The van der Waals surface area contributed by atoms with Crippen molar-refractivity contribution in [3.63, 3.8) is 0 Å². The lowest BCUT2D eigenvalue weighted by Crippen LogP contribution is -1.99. The molecule has 0 atom stereocenters. The number of hydrogen-bond donors (Lipinski definition) is 0. The minimum absolute atomic E-state index is 0.0382. The number of nitro groups is 1. The van der Waals surface area contributed by atoms with Crippen LogP contribution in [0.15, 0.2) is 47.3 Å². The molecule has 0 amide bonds. The van der Waals surface area contributed by atoms with Crippen molar-refractivity contribution >= 4 is 11.5 Å². The van der Waals surface area contributed by atoms with Gasteiger partial charge < -0.3 is 4.42 Å². The third-order valence-corrected chi connectivity index (χ3v) is 2.12. The van der Waals surface area contributed by atoms with Crippen LogP contribution in [-0.4, -0.2) is 10.7 Å². The fourth-order valence-corrected chi connectivity index (χ4v) is 1.29. The molecule has 2 rings (SSSR count). The second kappa shape index (κ2) is 3.98. The Kier molecular flexibility index (Phi) is 2.51. The third-order valence-electron chi connectivity index (χ3n) is 2.12. The maximum absolute atomic E-state index is 11.8. The molecular weight excluding hydrogens is 210 g/mol. The molecule has 0 fully saturated rings. The van der Waals surface area contributed by atoms with Crippen molar-refractivity contribution in [1.82, 2.24) is 0 Å². The number of non-ortho nitro benzene ring substituents is 1. The minimum Gasteiger partial charge on any atom is -0.472 e. The van der Waals surface area contributed by atoms with Gasteiger partial charge in [0.15, 0.2) is 5.78 Å². The lowest BCUT2D eigenvalue weighted by molar-refractivity contribution is -0.384. The van der Waals surface area contributed by atoms with E-state index in [4.69, 9.17) is 4.42 Å². The van der Waals surface area contributed by atoms with Gasteiger partial charge in [-0.15, -0.1) is 0 Å². The molecule has 0 aliphatic heterocycles. The second-order valence-corrected chi connectivity index (χ2v) is 3.15. The molecule has 2 aromatic rings. The highest BCUT2D eigenvalue weighted by molar-refractivity contribution is 6.08. The number of ketones is 1. The standard InChI is InChI=1S/C11H7NO4/c13-11(9-5-6-16-7-9)8-1-3-10(4-2-8)12(14)15/h1-7H. The lowest BCUT2D eigenvalue weighted by Gasteiger charge is -1.97. The first-order valence-corrected chi connectivity index (χ1v) is 4.50. The fourth-order valence-electron chi connectivity index (χ4n) is 1.29. The summed E-state index contributed by atoms with van der Waals surface area (Å²) in [5.41, 5.74) is 0.782. The summed E-state index contributed by atoms with van der Waals surface area (Å²) in [6.07, 6.45) is 2.74. The number of furan rings is 1. The number of nitrogens with zero attached hydrogens (tertiary/aromatic N) is 1. The van der Waals surface area contributed by atoms with E-state index >= 15 is 0 Å². The van der Waals surface area contributed by atoms with Gasteiger partial charge in [-0.3, -0.25) is 14.9 Å². The van der Waals surface area contributed by atoms with Crippen LogP contribution in [0.1, 0.15) is 15.9 Å². The van der Waals surface area contributed by atoms with Crippen molar-refractivity contribution in [3.8, 4) is 0 Å². The van der Waals surface area contributed by atoms with Crippen molar-refractivity contribution < 1.29 is 14.1 Å². The first-order valence-electron chi connectivity index (χ1n) is 4.50. The zero-order chi connectivity index (χ0) is 11.5. The number of carbonyl (C=O) groups excluding carboxylic acids is 1. The molecule has 0 saturated heterocycles. The van der Waals surface area contributed by atoms with Gasteiger partial charge in [0.2, 0.25) is 0 Å². The van der Waals surface area contributed by atoms with Gasteiger partial charge in [0, 0.05) is 17.7 Å². The normalized spacial score (nSPS) is 10.0. The van der Waals surface area contributed by atoms with Crippen LogP contribution in [0.2, 0.25) is 0 Å². The summed E-state index contributed by atoms with van der Waals surface area (Å²) in [6.45, 7) is 0. The van der Waals surface area contributed by atoms with Crippen molar-refractivity contribution in [2.45, 2.75) is 0 Å². The maximum Gasteiger partial charge on any atom is 0.269 e. The van der Waals surface area contributed by atoms with E-state index in [1.807, 2.05) is 0 Å². The van der Waals surface area contributed by atoms with E-state index in [-0.39, 0.29) is 11.5 Å². The zero-order valence-corrected chi connectivity index (χ0v) is 8.12. The average Bonchev–Trinajstić information content (AvgIpc) is 2.81.